The van der Waals surface area contributed by atoms with E-state index in [1.165, 1.54) is 24.3 Å². The number of aryl methyl sites for hydroxylation is 1. The normalized spacial score (nSPS) is 31.0. The maximum absolute atomic E-state index is 14.1. The predicted octanol–water partition coefficient (Wildman–Crippen LogP) is 6.82. The third-order valence-corrected chi connectivity index (χ3v) is 13.0. The fourth-order valence-corrected chi connectivity index (χ4v) is 10.4. The number of Topliss-reactive ketones (excluding diaryl/α,β-unsaturated/α-hetero) is 1. The molecular formula is C36H42ClF3N2O6S. The lowest BCUT2D eigenvalue weighted by Crippen LogP contribution is -2.49. The van der Waals surface area contributed by atoms with E-state index in [-0.39, 0.29) is 35.5 Å². The molecule has 6 rings (SSSR count). The number of amides is 1. The Morgan fingerprint density at radius 1 is 1.18 bits per heavy atom. The van der Waals surface area contributed by atoms with Crippen LogP contribution < -0.4 is 9.64 Å². The second-order valence-electron chi connectivity index (χ2n) is 13.9. The van der Waals surface area contributed by atoms with Crippen LogP contribution in [-0.4, -0.2) is 80.2 Å². The molecule has 2 aromatic carbocycles. The van der Waals surface area contributed by atoms with Gasteiger partial charge in [-0.1, -0.05) is 29.8 Å². The van der Waals surface area contributed by atoms with Crippen LogP contribution in [0.15, 0.2) is 52.9 Å². The summed E-state index contributed by atoms with van der Waals surface area (Å²) < 4.78 is 76.1. The molecule has 0 radical (unpaired) electrons. The summed E-state index contributed by atoms with van der Waals surface area (Å²) in [6.45, 7) is 1.73. The van der Waals surface area contributed by atoms with Crippen molar-refractivity contribution in [2.24, 2.45) is 22.1 Å². The van der Waals surface area contributed by atoms with Crippen molar-refractivity contribution in [2.75, 3.05) is 56.9 Å². The van der Waals surface area contributed by atoms with Crippen molar-refractivity contribution in [3.05, 3.63) is 70.3 Å². The number of hydrogen-bond acceptors (Lipinski definition) is 7. The summed E-state index contributed by atoms with van der Waals surface area (Å²) in [6, 6.07) is 10.8. The van der Waals surface area contributed by atoms with Crippen molar-refractivity contribution in [3.8, 4) is 5.75 Å². The molecule has 0 saturated heterocycles. The molecule has 13 heteroatoms. The molecule has 0 N–H and O–H groups in total. The first-order valence-electron chi connectivity index (χ1n) is 16.7. The largest absolute Gasteiger partial charge is 0.490 e. The number of rotatable bonds is 5. The highest BCUT2D eigenvalue weighted by Gasteiger charge is 2.45. The number of ether oxygens (including phenoxy) is 3. The first kappa shape index (κ1) is 35.9. The first-order valence-corrected chi connectivity index (χ1v) is 18.9. The number of alkyl halides is 3. The van der Waals surface area contributed by atoms with Crippen molar-refractivity contribution >= 4 is 38.7 Å². The van der Waals surface area contributed by atoms with Gasteiger partial charge in [0, 0.05) is 49.1 Å². The standard InChI is InChI=1S/C36H42ClF3N2O6S/c1-46-18-23-5-3-7-31(47-2)28-11-8-26(28)17-42-21-35(14-4-6-24-15-27(37)10-12-29(24)35)22-48-32-13-9-25(16-30(32)42)34(44)41-49(45,19-23)20-33(43)36(38,39)40/h3,7,9-10,12-13,15-16,23,26,28,31H,4-6,8,11,14,17-22H2,1-2H3/b7-3+/t23-,26+,28-,31+,35+,49?/m1/s1. The molecule has 2 heterocycles. The molecule has 1 amide bonds. The van der Waals surface area contributed by atoms with Gasteiger partial charge in [-0.3, -0.25) is 9.59 Å². The summed E-state index contributed by atoms with van der Waals surface area (Å²) in [5.41, 5.74) is 2.75. The average Bonchev–Trinajstić information content (AvgIpc) is 3.18. The van der Waals surface area contributed by atoms with Crippen LogP contribution in [0.3, 0.4) is 0 Å². The summed E-state index contributed by atoms with van der Waals surface area (Å²) in [7, 11) is -0.900. The van der Waals surface area contributed by atoms with Crippen LogP contribution in [-0.2, 0) is 35.8 Å². The van der Waals surface area contributed by atoms with Gasteiger partial charge >= 0.3 is 6.18 Å². The lowest BCUT2D eigenvalue weighted by molar-refractivity contribution is -0.168. The highest BCUT2D eigenvalue weighted by molar-refractivity contribution is 7.94. The molecule has 49 heavy (non-hydrogen) atoms. The summed E-state index contributed by atoms with van der Waals surface area (Å²) in [5.74, 6) is -4.46. The average molecular weight is 723 g/mol. The molecule has 1 unspecified atom stereocenters. The fraction of sp³-hybridized carbons (Fsp3) is 0.556. The van der Waals surface area contributed by atoms with Gasteiger partial charge in [0.2, 0.25) is 5.78 Å². The number of hydrogen-bond donors (Lipinski definition) is 0. The predicted molar refractivity (Wildman–Crippen MR) is 182 cm³/mol. The molecule has 2 bridgehead atoms. The van der Waals surface area contributed by atoms with E-state index < -0.39 is 45.0 Å². The zero-order valence-electron chi connectivity index (χ0n) is 27.7. The van der Waals surface area contributed by atoms with Crippen molar-refractivity contribution in [1.82, 2.24) is 0 Å². The Morgan fingerprint density at radius 3 is 2.71 bits per heavy atom. The quantitative estimate of drug-likeness (QED) is 0.313. The molecule has 1 fully saturated rings. The molecule has 8 nitrogen and oxygen atoms in total. The Morgan fingerprint density at radius 2 is 2.00 bits per heavy atom. The van der Waals surface area contributed by atoms with Crippen LogP contribution in [0, 0.1) is 17.8 Å². The van der Waals surface area contributed by atoms with Gasteiger partial charge in [-0.05, 0) is 97.7 Å². The Hall–Kier alpha value is -2.93. The number of fused-ring (bicyclic) bond motifs is 4. The van der Waals surface area contributed by atoms with Crippen molar-refractivity contribution in [1.29, 1.82) is 0 Å². The Kier molecular flexibility index (Phi) is 10.5. The maximum atomic E-state index is 14.1. The Labute approximate surface area is 290 Å². The molecule has 2 aliphatic heterocycles. The molecule has 1 spiro atoms. The number of ketones is 1. The highest BCUT2D eigenvalue weighted by Crippen LogP contribution is 2.47. The van der Waals surface area contributed by atoms with Crippen molar-refractivity contribution in [3.63, 3.8) is 0 Å². The lowest BCUT2D eigenvalue weighted by atomic mass is 9.68. The number of halogens is 4. The van der Waals surface area contributed by atoms with Crippen LogP contribution in [0.2, 0.25) is 5.02 Å². The number of benzene rings is 2. The monoisotopic (exact) mass is 722 g/mol. The molecule has 2 aromatic rings. The second kappa shape index (κ2) is 14.4. The van der Waals surface area contributed by atoms with Gasteiger partial charge in [0.25, 0.3) is 5.91 Å². The maximum Gasteiger partial charge on any atom is 0.451 e. The van der Waals surface area contributed by atoms with Crippen molar-refractivity contribution in [2.45, 2.75) is 56.2 Å². The number of carbonyl (C=O) groups is 2. The van der Waals surface area contributed by atoms with Crippen molar-refractivity contribution < 1.29 is 41.2 Å². The van der Waals surface area contributed by atoms with Gasteiger partial charge in [-0.25, -0.2) is 4.21 Å². The third kappa shape index (κ3) is 7.72. The van der Waals surface area contributed by atoms with Gasteiger partial charge in [-0.2, -0.15) is 17.5 Å². The molecule has 266 valence electrons. The zero-order chi connectivity index (χ0) is 35.0. The molecule has 1 saturated carbocycles. The summed E-state index contributed by atoms with van der Waals surface area (Å²) in [6.07, 6.45) is 3.41. The van der Waals surface area contributed by atoms with Gasteiger partial charge in [0.15, 0.2) is 0 Å². The van der Waals surface area contributed by atoms with Gasteiger partial charge in [-0.15, -0.1) is 0 Å². The van der Waals surface area contributed by atoms with E-state index >= 15 is 0 Å². The topological polar surface area (TPSA) is 94.5 Å². The third-order valence-electron chi connectivity index (χ3n) is 10.5. The minimum absolute atomic E-state index is 0.0528. The molecule has 4 aliphatic rings. The summed E-state index contributed by atoms with van der Waals surface area (Å²) in [4.78, 5) is 28.1. The number of methoxy groups -OCH3 is 2. The molecule has 6 atom stereocenters. The minimum atomic E-state index is -5.22. The molecule has 2 aliphatic carbocycles. The number of carbonyl (C=O) groups excluding carboxylic acids is 2. The van der Waals surface area contributed by atoms with Crippen LogP contribution in [0.4, 0.5) is 18.9 Å². The van der Waals surface area contributed by atoms with Crippen LogP contribution in [0.25, 0.3) is 0 Å². The number of anilines is 1. The Bertz CT molecular complexity index is 1740. The van der Waals surface area contributed by atoms with Gasteiger partial charge in [0.1, 0.15) is 11.5 Å². The fourth-order valence-electron chi connectivity index (χ4n) is 7.99. The molecular weight excluding hydrogens is 681 g/mol. The zero-order valence-corrected chi connectivity index (χ0v) is 29.2. The summed E-state index contributed by atoms with van der Waals surface area (Å²) in [5, 5.41) is 0.684. The first-order chi connectivity index (χ1) is 23.3. The second-order valence-corrected chi connectivity index (χ2v) is 16.7. The van der Waals surface area contributed by atoms with Gasteiger partial charge < -0.3 is 19.1 Å². The lowest BCUT2D eigenvalue weighted by Gasteiger charge is -2.46. The van der Waals surface area contributed by atoms with E-state index in [1.807, 2.05) is 24.3 Å². The summed E-state index contributed by atoms with van der Waals surface area (Å²) >= 11 is 6.40. The van der Waals surface area contributed by atoms with E-state index in [9.17, 15) is 27.0 Å². The van der Waals surface area contributed by atoms with Crippen LogP contribution in [0.5, 0.6) is 5.75 Å². The van der Waals surface area contributed by atoms with E-state index in [0.717, 1.165) is 32.1 Å². The smallest absolute Gasteiger partial charge is 0.451 e. The van der Waals surface area contributed by atoms with Crippen LogP contribution >= 0.6 is 11.6 Å². The van der Waals surface area contributed by atoms with E-state index in [1.54, 1.807) is 19.2 Å². The SMILES string of the molecule is COC[C@H]1C/C=C/[C@H](OC)[C@@H]2CC[C@H]2CN2C[C@@]3(CCCc4cc(Cl)ccc43)COc3ccc(cc32)C(=O)N=S(=O)(CC(=O)C(F)(F)F)C1. The highest BCUT2D eigenvalue weighted by atomic mass is 35.5. The molecule has 0 aromatic heterocycles. The van der Waals surface area contributed by atoms with E-state index in [4.69, 9.17) is 25.8 Å². The number of nitrogens with zero attached hydrogens (tertiary/aromatic N) is 2. The number of allylic oxidation sites excluding steroid dienone is 1. The minimum Gasteiger partial charge on any atom is -0.490 e. The van der Waals surface area contributed by atoms with Crippen LogP contribution in [0.1, 0.15) is 53.6 Å². The Balaban J connectivity index is 1.46. The van der Waals surface area contributed by atoms with E-state index in [0.29, 0.717) is 42.6 Å². The van der Waals surface area contributed by atoms with E-state index in [2.05, 4.69) is 15.3 Å². The van der Waals surface area contributed by atoms with Gasteiger partial charge in [0.05, 0.1) is 34.7 Å².